The van der Waals surface area contributed by atoms with Crippen molar-refractivity contribution in [1.29, 1.82) is 0 Å². The summed E-state index contributed by atoms with van der Waals surface area (Å²) >= 11 is 0. The molecule has 2 N–H and O–H groups in total. The lowest BCUT2D eigenvalue weighted by atomic mass is 10.0. The molecule has 0 bridgehead atoms. The zero-order valence-corrected chi connectivity index (χ0v) is 18.4. The molecule has 0 aliphatic carbocycles. The standard InChI is InChI=1S/C22H39N5O/c1-18(2)14-21(27-10-12-28-13-11-27)16-25-22(23-3)24-15-19-8-6-7-9-20(19)17-26(4)5/h6-9,18,21H,10-17H2,1-5H3,(H2,23,24,25). The summed E-state index contributed by atoms with van der Waals surface area (Å²) in [7, 11) is 6.05. The third-order valence-electron chi connectivity index (χ3n) is 5.09. The highest BCUT2D eigenvalue weighted by molar-refractivity contribution is 5.79. The van der Waals surface area contributed by atoms with Gasteiger partial charge in [0.25, 0.3) is 0 Å². The van der Waals surface area contributed by atoms with E-state index in [2.05, 4.69) is 77.6 Å². The van der Waals surface area contributed by atoms with E-state index < -0.39 is 0 Å². The molecule has 0 radical (unpaired) electrons. The summed E-state index contributed by atoms with van der Waals surface area (Å²) in [5.74, 6) is 1.53. The molecule has 28 heavy (non-hydrogen) atoms. The number of guanidine groups is 1. The van der Waals surface area contributed by atoms with E-state index in [-0.39, 0.29) is 0 Å². The van der Waals surface area contributed by atoms with Crippen LogP contribution in [0.25, 0.3) is 0 Å². The van der Waals surface area contributed by atoms with Gasteiger partial charge in [-0.1, -0.05) is 38.1 Å². The van der Waals surface area contributed by atoms with E-state index in [0.29, 0.717) is 12.0 Å². The SMILES string of the molecule is CN=C(NCc1ccccc1CN(C)C)NCC(CC(C)C)N1CCOCC1. The monoisotopic (exact) mass is 389 g/mol. The average molecular weight is 390 g/mol. The van der Waals surface area contributed by atoms with Crippen LogP contribution in [0.2, 0.25) is 0 Å². The van der Waals surface area contributed by atoms with E-state index >= 15 is 0 Å². The second kappa shape index (κ2) is 12.0. The number of benzene rings is 1. The fourth-order valence-electron chi connectivity index (χ4n) is 3.69. The molecule has 1 unspecified atom stereocenters. The largest absolute Gasteiger partial charge is 0.379 e. The molecule has 0 saturated carbocycles. The predicted octanol–water partition coefficient (Wildman–Crippen LogP) is 2.16. The van der Waals surface area contributed by atoms with Crippen molar-refractivity contribution in [2.24, 2.45) is 10.9 Å². The maximum atomic E-state index is 5.53. The third kappa shape index (κ3) is 7.78. The van der Waals surface area contributed by atoms with Gasteiger partial charge in [-0.2, -0.15) is 0 Å². The minimum atomic E-state index is 0.503. The quantitative estimate of drug-likeness (QED) is 0.501. The van der Waals surface area contributed by atoms with Crippen LogP contribution in [-0.4, -0.2) is 75.8 Å². The van der Waals surface area contributed by atoms with E-state index in [1.807, 2.05) is 7.05 Å². The van der Waals surface area contributed by atoms with Crippen LogP contribution in [0.5, 0.6) is 0 Å². The fraction of sp³-hybridized carbons (Fsp3) is 0.682. The van der Waals surface area contributed by atoms with Crippen molar-refractivity contribution in [2.45, 2.75) is 39.4 Å². The van der Waals surface area contributed by atoms with Gasteiger partial charge in [-0.15, -0.1) is 0 Å². The Labute approximate surface area is 171 Å². The van der Waals surface area contributed by atoms with Gasteiger partial charge in [0, 0.05) is 45.8 Å². The van der Waals surface area contributed by atoms with E-state index in [1.165, 1.54) is 17.5 Å². The van der Waals surface area contributed by atoms with E-state index in [1.54, 1.807) is 0 Å². The summed E-state index contributed by atoms with van der Waals surface area (Å²) < 4.78 is 5.53. The first-order valence-electron chi connectivity index (χ1n) is 10.5. The number of morpholine rings is 1. The molecule has 6 heteroatoms. The van der Waals surface area contributed by atoms with Gasteiger partial charge in [0.05, 0.1) is 13.2 Å². The molecule has 1 aliphatic heterocycles. The van der Waals surface area contributed by atoms with Crippen LogP contribution in [0.15, 0.2) is 29.3 Å². The molecule has 1 aromatic carbocycles. The van der Waals surface area contributed by atoms with Crippen LogP contribution in [0.3, 0.4) is 0 Å². The number of aliphatic imine (C=N–C) groups is 1. The second-order valence-corrected chi connectivity index (χ2v) is 8.24. The minimum absolute atomic E-state index is 0.503. The second-order valence-electron chi connectivity index (χ2n) is 8.24. The molecule has 1 fully saturated rings. The highest BCUT2D eigenvalue weighted by Crippen LogP contribution is 2.13. The van der Waals surface area contributed by atoms with Crippen LogP contribution in [0.4, 0.5) is 0 Å². The Kier molecular flexibility index (Phi) is 9.75. The summed E-state index contributed by atoms with van der Waals surface area (Å²) in [5, 5.41) is 7.04. The molecule has 2 rings (SSSR count). The zero-order chi connectivity index (χ0) is 20.4. The first-order chi connectivity index (χ1) is 13.5. The Bertz CT molecular complexity index is 596. The van der Waals surface area contributed by atoms with E-state index in [4.69, 9.17) is 4.74 Å². The van der Waals surface area contributed by atoms with Gasteiger partial charge in [-0.05, 0) is 37.6 Å². The van der Waals surface area contributed by atoms with Crippen molar-refractivity contribution >= 4 is 5.96 Å². The van der Waals surface area contributed by atoms with Crippen molar-refractivity contribution in [2.75, 3.05) is 54.0 Å². The Hall–Kier alpha value is -1.63. The number of hydrogen-bond acceptors (Lipinski definition) is 4. The van der Waals surface area contributed by atoms with Crippen LogP contribution in [0.1, 0.15) is 31.4 Å². The van der Waals surface area contributed by atoms with Crippen molar-refractivity contribution < 1.29 is 4.74 Å². The Balaban J connectivity index is 1.90. The minimum Gasteiger partial charge on any atom is -0.379 e. The molecule has 0 amide bonds. The highest BCUT2D eigenvalue weighted by Gasteiger charge is 2.22. The van der Waals surface area contributed by atoms with Gasteiger partial charge in [0.2, 0.25) is 0 Å². The normalized spacial score (nSPS) is 17.2. The van der Waals surface area contributed by atoms with E-state index in [0.717, 1.165) is 51.9 Å². The summed E-state index contributed by atoms with van der Waals surface area (Å²) in [5.41, 5.74) is 2.66. The molecule has 1 aromatic rings. The molecule has 1 heterocycles. The Morgan fingerprint density at radius 3 is 2.43 bits per heavy atom. The topological polar surface area (TPSA) is 52.1 Å². The Morgan fingerprint density at radius 2 is 1.82 bits per heavy atom. The lowest BCUT2D eigenvalue weighted by Gasteiger charge is -2.35. The van der Waals surface area contributed by atoms with Gasteiger partial charge < -0.3 is 20.3 Å². The first-order valence-corrected chi connectivity index (χ1v) is 10.5. The van der Waals surface area contributed by atoms with Gasteiger partial charge in [0.15, 0.2) is 5.96 Å². The lowest BCUT2D eigenvalue weighted by molar-refractivity contribution is 0.0132. The highest BCUT2D eigenvalue weighted by atomic mass is 16.5. The van der Waals surface area contributed by atoms with Gasteiger partial charge >= 0.3 is 0 Å². The summed E-state index contributed by atoms with van der Waals surface area (Å²) in [4.78, 5) is 9.18. The molecule has 1 saturated heterocycles. The van der Waals surface area contributed by atoms with Crippen LogP contribution >= 0.6 is 0 Å². The first kappa shape index (κ1) is 22.7. The number of ether oxygens (including phenoxy) is 1. The van der Waals surface area contributed by atoms with Gasteiger partial charge in [-0.25, -0.2) is 0 Å². The van der Waals surface area contributed by atoms with Gasteiger partial charge in [0.1, 0.15) is 0 Å². The summed E-state index contributed by atoms with van der Waals surface area (Å²) in [6.07, 6.45) is 1.18. The third-order valence-corrected chi connectivity index (χ3v) is 5.09. The lowest BCUT2D eigenvalue weighted by Crippen LogP contribution is -2.51. The number of nitrogens with one attached hydrogen (secondary N) is 2. The zero-order valence-electron chi connectivity index (χ0n) is 18.4. The van der Waals surface area contributed by atoms with Crippen molar-refractivity contribution in [3.63, 3.8) is 0 Å². The smallest absolute Gasteiger partial charge is 0.191 e. The fourth-order valence-corrected chi connectivity index (χ4v) is 3.69. The Morgan fingerprint density at radius 1 is 1.14 bits per heavy atom. The summed E-state index contributed by atoms with van der Waals surface area (Å²) in [6.45, 7) is 10.9. The van der Waals surface area contributed by atoms with Crippen molar-refractivity contribution in [1.82, 2.24) is 20.4 Å². The number of rotatable bonds is 9. The number of nitrogens with zero attached hydrogens (tertiary/aromatic N) is 3. The maximum absolute atomic E-state index is 5.53. The van der Waals surface area contributed by atoms with Crippen molar-refractivity contribution in [3.8, 4) is 0 Å². The van der Waals surface area contributed by atoms with E-state index in [9.17, 15) is 0 Å². The molecular weight excluding hydrogens is 350 g/mol. The molecule has 158 valence electrons. The van der Waals surface area contributed by atoms with Crippen LogP contribution in [0, 0.1) is 5.92 Å². The summed E-state index contributed by atoms with van der Waals surface area (Å²) in [6, 6.07) is 9.10. The molecule has 0 spiro atoms. The molecule has 6 nitrogen and oxygen atoms in total. The van der Waals surface area contributed by atoms with Crippen LogP contribution in [-0.2, 0) is 17.8 Å². The molecule has 1 aliphatic rings. The van der Waals surface area contributed by atoms with Crippen LogP contribution < -0.4 is 10.6 Å². The molecule has 0 aromatic heterocycles. The average Bonchev–Trinajstić information content (AvgIpc) is 2.68. The van der Waals surface area contributed by atoms with Gasteiger partial charge in [-0.3, -0.25) is 9.89 Å². The predicted molar refractivity (Wildman–Crippen MR) is 118 cm³/mol. The molecule has 1 atom stereocenters. The number of hydrogen-bond donors (Lipinski definition) is 2. The van der Waals surface area contributed by atoms with Crippen molar-refractivity contribution in [3.05, 3.63) is 35.4 Å². The molecular formula is C22H39N5O. The maximum Gasteiger partial charge on any atom is 0.191 e.